The first-order chi connectivity index (χ1) is 11.7. The Hall–Kier alpha value is -1.59. The molecule has 1 unspecified atom stereocenters. The third-order valence-corrected chi connectivity index (χ3v) is 4.98. The average Bonchev–Trinajstić information content (AvgIpc) is 3.10. The van der Waals surface area contributed by atoms with E-state index >= 15 is 0 Å². The summed E-state index contributed by atoms with van der Waals surface area (Å²) in [6.07, 6.45) is 5.35. The highest BCUT2D eigenvalue weighted by Crippen LogP contribution is 2.14. The number of carbonyl (C=O) groups is 2. The summed E-state index contributed by atoms with van der Waals surface area (Å²) in [7, 11) is 0. The van der Waals surface area contributed by atoms with Crippen LogP contribution in [0.3, 0.4) is 0 Å². The number of amides is 2. The normalized spacial score (nSPS) is 23.0. The van der Waals surface area contributed by atoms with E-state index in [0.717, 1.165) is 45.2 Å². The first-order valence-electron chi connectivity index (χ1n) is 9.08. The number of nitrogens with one attached hydrogen (secondary N) is 2. The van der Waals surface area contributed by atoms with Gasteiger partial charge in [-0.2, -0.15) is 0 Å². The topological polar surface area (TPSA) is 61.4 Å². The lowest BCUT2D eigenvalue weighted by molar-refractivity contribution is -0.130. The second-order valence-corrected chi connectivity index (χ2v) is 6.82. The highest BCUT2D eigenvalue weighted by molar-refractivity contribution is 5.85. The molecule has 0 spiro atoms. The van der Waals surface area contributed by atoms with Gasteiger partial charge in [0.25, 0.3) is 0 Å². The second-order valence-electron chi connectivity index (χ2n) is 6.82. The van der Waals surface area contributed by atoms with Gasteiger partial charge < -0.3 is 15.5 Å². The van der Waals surface area contributed by atoms with Gasteiger partial charge in [-0.05, 0) is 37.8 Å². The second kappa shape index (κ2) is 9.78. The number of hydrogen-bond acceptors (Lipinski definition) is 3. The summed E-state index contributed by atoms with van der Waals surface area (Å²) in [5.74, 6) is 0.282. The van der Waals surface area contributed by atoms with Gasteiger partial charge in [0.1, 0.15) is 0 Å². The highest BCUT2D eigenvalue weighted by Gasteiger charge is 2.29. The summed E-state index contributed by atoms with van der Waals surface area (Å²) >= 11 is 0. The monoisotopic (exact) mass is 365 g/mol. The number of nitrogens with zero attached hydrogens (tertiary/aromatic N) is 1. The standard InChI is InChI=1S/C19H27N3O2.ClH/c23-18(10-9-15-6-2-1-3-7-15)22-13-11-16(14-22)21-19(24)17-8-4-5-12-20-17;/h1-3,6-7,16-17,20H,4-5,8-14H2,(H,21,24);1H/t16?,17-;/m1./s1. The maximum absolute atomic E-state index is 12.4. The molecule has 2 aliphatic rings. The maximum atomic E-state index is 12.4. The van der Waals surface area contributed by atoms with Gasteiger partial charge in [-0.3, -0.25) is 9.59 Å². The third-order valence-electron chi connectivity index (χ3n) is 4.98. The molecule has 1 aromatic rings. The summed E-state index contributed by atoms with van der Waals surface area (Å²) in [6, 6.07) is 10.1. The molecular weight excluding hydrogens is 338 g/mol. The Balaban J connectivity index is 0.00000225. The van der Waals surface area contributed by atoms with Crippen molar-refractivity contribution in [3.8, 4) is 0 Å². The number of hydrogen-bond donors (Lipinski definition) is 2. The Kier molecular flexibility index (Phi) is 7.72. The predicted octanol–water partition coefficient (Wildman–Crippen LogP) is 1.90. The van der Waals surface area contributed by atoms with Gasteiger partial charge in [0.2, 0.25) is 11.8 Å². The molecule has 6 heteroatoms. The van der Waals surface area contributed by atoms with Gasteiger partial charge in [-0.15, -0.1) is 12.4 Å². The molecular formula is C19H28ClN3O2. The molecule has 0 saturated carbocycles. The van der Waals surface area contributed by atoms with E-state index in [2.05, 4.69) is 22.8 Å². The summed E-state index contributed by atoms with van der Waals surface area (Å²) in [5.41, 5.74) is 1.19. The number of rotatable bonds is 5. The average molecular weight is 366 g/mol. The van der Waals surface area contributed by atoms with E-state index in [4.69, 9.17) is 0 Å². The molecule has 0 aliphatic carbocycles. The minimum atomic E-state index is -0.0541. The SMILES string of the molecule is Cl.O=C(NC1CCN(C(=O)CCc2ccccc2)C1)[C@H]1CCCCN1. The zero-order valence-corrected chi connectivity index (χ0v) is 15.4. The van der Waals surface area contributed by atoms with Crippen LogP contribution >= 0.6 is 12.4 Å². The van der Waals surface area contributed by atoms with Crippen molar-refractivity contribution in [2.75, 3.05) is 19.6 Å². The number of likely N-dealkylation sites (tertiary alicyclic amines) is 1. The Bertz CT molecular complexity index is 561. The number of carbonyl (C=O) groups excluding carboxylic acids is 2. The van der Waals surface area contributed by atoms with Gasteiger partial charge in [0.05, 0.1) is 6.04 Å². The van der Waals surface area contributed by atoms with E-state index in [1.165, 1.54) is 5.56 Å². The van der Waals surface area contributed by atoms with E-state index in [0.29, 0.717) is 13.0 Å². The summed E-state index contributed by atoms with van der Waals surface area (Å²) < 4.78 is 0. The predicted molar refractivity (Wildman–Crippen MR) is 101 cm³/mol. The van der Waals surface area contributed by atoms with Crippen LogP contribution in [-0.2, 0) is 16.0 Å². The van der Waals surface area contributed by atoms with Crippen molar-refractivity contribution in [1.29, 1.82) is 0 Å². The largest absolute Gasteiger partial charge is 0.350 e. The first kappa shape index (κ1) is 19.7. The smallest absolute Gasteiger partial charge is 0.237 e. The number of halogens is 1. The molecule has 0 bridgehead atoms. The number of aryl methyl sites for hydroxylation is 1. The van der Waals surface area contributed by atoms with Crippen molar-refractivity contribution in [2.24, 2.45) is 0 Å². The highest BCUT2D eigenvalue weighted by atomic mass is 35.5. The fourth-order valence-corrected chi connectivity index (χ4v) is 3.54. The van der Waals surface area contributed by atoms with Crippen LogP contribution in [0.2, 0.25) is 0 Å². The lowest BCUT2D eigenvalue weighted by atomic mass is 10.0. The van der Waals surface area contributed by atoms with Gasteiger partial charge in [0, 0.05) is 25.6 Å². The molecule has 138 valence electrons. The van der Waals surface area contributed by atoms with Crippen LogP contribution in [0.4, 0.5) is 0 Å². The zero-order chi connectivity index (χ0) is 16.8. The molecule has 2 fully saturated rings. The molecule has 25 heavy (non-hydrogen) atoms. The molecule has 5 nitrogen and oxygen atoms in total. The zero-order valence-electron chi connectivity index (χ0n) is 14.6. The van der Waals surface area contributed by atoms with E-state index in [9.17, 15) is 9.59 Å². The summed E-state index contributed by atoms with van der Waals surface area (Å²) in [6.45, 7) is 2.32. The summed E-state index contributed by atoms with van der Waals surface area (Å²) in [4.78, 5) is 26.5. The first-order valence-corrected chi connectivity index (χ1v) is 9.08. The summed E-state index contributed by atoms with van der Waals surface area (Å²) in [5, 5.41) is 6.38. The molecule has 0 radical (unpaired) electrons. The Morgan fingerprint density at radius 1 is 1.16 bits per heavy atom. The Morgan fingerprint density at radius 3 is 2.68 bits per heavy atom. The van der Waals surface area contributed by atoms with Crippen LogP contribution < -0.4 is 10.6 Å². The van der Waals surface area contributed by atoms with Gasteiger partial charge in [-0.1, -0.05) is 36.8 Å². The van der Waals surface area contributed by atoms with Gasteiger partial charge in [-0.25, -0.2) is 0 Å². The molecule has 3 rings (SSSR count). The van der Waals surface area contributed by atoms with Crippen molar-refractivity contribution in [1.82, 2.24) is 15.5 Å². The molecule has 1 aromatic carbocycles. The van der Waals surface area contributed by atoms with E-state index in [1.54, 1.807) is 0 Å². The van der Waals surface area contributed by atoms with Crippen molar-refractivity contribution in [3.05, 3.63) is 35.9 Å². The van der Waals surface area contributed by atoms with E-state index in [-0.39, 0.29) is 36.3 Å². The van der Waals surface area contributed by atoms with Crippen LogP contribution in [0, 0.1) is 0 Å². The molecule has 2 N–H and O–H groups in total. The third kappa shape index (κ3) is 5.72. The maximum Gasteiger partial charge on any atom is 0.237 e. The van der Waals surface area contributed by atoms with Crippen molar-refractivity contribution in [3.63, 3.8) is 0 Å². The molecule has 0 aromatic heterocycles. The van der Waals surface area contributed by atoms with Crippen LogP contribution in [0.5, 0.6) is 0 Å². The van der Waals surface area contributed by atoms with E-state index in [1.807, 2.05) is 23.1 Å². The molecule has 2 atom stereocenters. The number of benzene rings is 1. The quantitative estimate of drug-likeness (QED) is 0.837. The molecule has 2 heterocycles. The molecule has 2 aliphatic heterocycles. The fourth-order valence-electron chi connectivity index (χ4n) is 3.54. The molecule has 2 saturated heterocycles. The lowest BCUT2D eigenvalue weighted by Gasteiger charge is -2.24. The van der Waals surface area contributed by atoms with Gasteiger partial charge >= 0.3 is 0 Å². The van der Waals surface area contributed by atoms with Crippen molar-refractivity contribution >= 4 is 24.2 Å². The minimum Gasteiger partial charge on any atom is -0.350 e. The van der Waals surface area contributed by atoms with Crippen LogP contribution in [-0.4, -0.2) is 48.4 Å². The number of piperidine rings is 1. The van der Waals surface area contributed by atoms with E-state index < -0.39 is 0 Å². The van der Waals surface area contributed by atoms with Crippen LogP contribution in [0.25, 0.3) is 0 Å². The molecule has 2 amide bonds. The van der Waals surface area contributed by atoms with Crippen LogP contribution in [0.15, 0.2) is 30.3 Å². The van der Waals surface area contributed by atoms with Crippen molar-refractivity contribution < 1.29 is 9.59 Å². The van der Waals surface area contributed by atoms with Crippen molar-refractivity contribution in [2.45, 2.75) is 50.6 Å². The van der Waals surface area contributed by atoms with Gasteiger partial charge in [0.15, 0.2) is 0 Å². The minimum absolute atomic E-state index is 0. The fraction of sp³-hybridized carbons (Fsp3) is 0.579. The Labute approximate surface area is 155 Å². The lowest BCUT2D eigenvalue weighted by Crippen LogP contribution is -2.50. The van der Waals surface area contributed by atoms with Crippen LogP contribution in [0.1, 0.15) is 37.7 Å². The Morgan fingerprint density at radius 2 is 1.96 bits per heavy atom.